The molecule has 0 fully saturated rings. The van der Waals surface area contributed by atoms with Crippen LogP contribution in [-0.4, -0.2) is 24.4 Å². The van der Waals surface area contributed by atoms with Crippen molar-refractivity contribution >= 4 is 28.5 Å². The van der Waals surface area contributed by atoms with E-state index in [0.29, 0.717) is 0 Å². The molecule has 0 saturated carbocycles. The number of benzene rings is 2. The molecular weight excluding hydrogens is 356 g/mol. The zero-order chi connectivity index (χ0) is 21.1. The molecule has 0 bridgehead atoms. The molecule has 2 aliphatic heterocycles. The standard InChI is InChI=1S/C25H31N4/c1-24(2)18-14-16(26)10-12-20(18)28(5)22(24)8-7-9-23-25(3,4)19-15-17(27)11-13-21(19)29(23)6/h7-15H,26-27H2,1-6H3/q+1. The van der Waals surface area contributed by atoms with Crippen LogP contribution < -0.4 is 16.4 Å². The smallest absolute Gasteiger partial charge is 0.209 e. The van der Waals surface area contributed by atoms with Crippen LogP contribution in [0.5, 0.6) is 0 Å². The summed E-state index contributed by atoms with van der Waals surface area (Å²) in [6.07, 6.45) is 6.63. The Morgan fingerprint density at radius 2 is 1.52 bits per heavy atom. The number of hydrogen-bond donors (Lipinski definition) is 2. The van der Waals surface area contributed by atoms with E-state index in [-0.39, 0.29) is 10.8 Å². The predicted octanol–water partition coefficient (Wildman–Crippen LogP) is 4.72. The second-order valence-electron chi connectivity index (χ2n) is 9.22. The van der Waals surface area contributed by atoms with Gasteiger partial charge in [-0.1, -0.05) is 19.9 Å². The van der Waals surface area contributed by atoms with Crippen LogP contribution in [-0.2, 0) is 10.8 Å². The first-order valence-electron chi connectivity index (χ1n) is 10.1. The van der Waals surface area contributed by atoms with E-state index in [1.54, 1.807) is 0 Å². The maximum absolute atomic E-state index is 6.05. The minimum Gasteiger partial charge on any atom is -0.399 e. The van der Waals surface area contributed by atoms with Gasteiger partial charge in [-0.05, 0) is 55.8 Å². The van der Waals surface area contributed by atoms with E-state index >= 15 is 0 Å². The summed E-state index contributed by atoms with van der Waals surface area (Å²) in [6.45, 7) is 9.02. The summed E-state index contributed by atoms with van der Waals surface area (Å²) < 4.78 is 2.27. The lowest BCUT2D eigenvalue weighted by atomic mass is 9.81. The molecule has 0 atom stereocenters. The number of likely N-dealkylation sites (N-methyl/N-ethyl adjacent to an activating group) is 1. The Hall–Kier alpha value is -3.01. The van der Waals surface area contributed by atoms with Gasteiger partial charge < -0.3 is 16.4 Å². The summed E-state index contributed by atoms with van der Waals surface area (Å²) in [5.41, 5.74) is 21.0. The summed E-state index contributed by atoms with van der Waals surface area (Å²) in [6, 6.07) is 12.4. The summed E-state index contributed by atoms with van der Waals surface area (Å²) >= 11 is 0. The quantitative estimate of drug-likeness (QED) is 0.579. The van der Waals surface area contributed by atoms with Crippen LogP contribution in [0.25, 0.3) is 0 Å². The minimum atomic E-state index is -0.0943. The van der Waals surface area contributed by atoms with Crippen LogP contribution in [0.3, 0.4) is 0 Å². The van der Waals surface area contributed by atoms with Gasteiger partial charge in [-0.3, -0.25) is 0 Å². The highest BCUT2D eigenvalue weighted by molar-refractivity contribution is 6.03. The molecule has 0 spiro atoms. The SMILES string of the molecule is CN1C(=CC=CC2=[N+](C)c3ccc(N)cc3C2(C)C)C(C)(C)c2cc(N)ccc21. The lowest BCUT2D eigenvalue weighted by Gasteiger charge is -2.23. The van der Waals surface area contributed by atoms with Gasteiger partial charge in [-0.15, -0.1) is 0 Å². The van der Waals surface area contributed by atoms with Gasteiger partial charge in [0.15, 0.2) is 5.71 Å². The number of anilines is 3. The van der Waals surface area contributed by atoms with Crippen LogP contribution in [0.4, 0.5) is 22.7 Å². The monoisotopic (exact) mass is 387 g/mol. The van der Waals surface area contributed by atoms with E-state index < -0.39 is 0 Å². The van der Waals surface area contributed by atoms with E-state index in [4.69, 9.17) is 11.5 Å². The molecule has 4 N–H and O–H groups in total. The Kier molecular flexibility index (Phi) is 4.16. The highest BCUT2D eigenvalue weighted by Gasteiger charge is 2.43. The van der Waals surface area contributed by atoms with Crippen molar-refractivity contribution in [1.82, 2.24) is 0 Å². The van der Waals surface area contributed by atoms with Gasteiger partial charge in [0.05, 0.1) is 5.41 Å². The van der Waals surface area contributed by atoms with E-state index in [1.165, 1.54) is 33.9 Å². The largest absolute Gasteiger partial charge is 0.399 e. The van der Waals surface area contributed by atoms with Gasteiger partial charge in [-0.25, -0.2) is 0 Å². The van der Waals surface area contributed by atoms with Gasteiger partial charge in [0.1, 0.15) is 7.05 Å². The van der Waals surface area contributed by atoms with E-state index in [0.717, 1.165) is 11.4 Å². The number of rotatable bonds is 2. The third-order valence-electron chi connectivity index (χ3n) is 6.62. The molecule has 4 rings (SSSR count). The number of allylic oxidation sites excluding steroid dienone is 4. The van der Waals surface area contributed by atoms with Gasteiger partial charge in [0, 0.05) is 52.9 Å². The zero-order valence-corrected chi connectivity index (χ0v) is 18.2. The first kappa shape index (κ1) is 19.3. The molecule has 2 aromatic carbocycles. The molecule has 0 aliphatic carbocycles. The maximum atomic E-state index is 6.05. The second-order valence-corrected chi connectivity index (χ2v) is 9.22. The van der Waals surface area contributed by atoms with E-state index in [1.807, 2.05) is 12.1 Å². The molecule has 2 aromatic rings. The lowest BCUT2D eigenvalue weighted by Crippen LogP contribution is -2.26. The molecule has 2 aliphatic rings. The van der Waals surface area contributed by atoms with Crippen LogP contribution in [0, 0.1) is 0 Å². The molecule has 29 heavy (non-hydrogen) atoms. The first-order valence-corrected chi connectivity index (χ1v) is 10.1. The molecule has 150 valence electrons. The zero-order valence-electron chi connectivity index (χ0n) is 18.2. The highest BCUT2D eigenvalue weighted by atomic mass is 15.2. The molecule has 0 unspecified atom stereocenters. The second kappa shape index (κ2) is 6.24. The maximum Gasteiger partial charge on any atom is 0.209 e. The van der Waals surface area contributed by atoms with Gasteiger partial charge in [-0.2, -0.15) is 4.58 Å². The van der Waals surface area contributed by atoms with Crippen LogP contribution >= 0.6 is 0 Å². The van der Waals surface area contributed by atoms with Gasteiger partial charge in [0.2, 0.25) is 5.69 Å². The number of nitrogens with two attached hydrogens (primary N) is 2. The van der Waals surface area contributed by atoms with E-state index in [2.05, 4.69) is 93.8 Å². The van der Waals surface area contributed by atoms with Crippen molar-refractivity contribution in [2.75, 3.05) is 30.5 Å². The molecule has 4 heteroatoms. The number of nitrogens with zero attached hydrogens (tertiary/aromatic N) is 2. The molecule has 0 radical (unpaired) electrons. The molecule has 0 aromatic heterocycles. The number of nitrogen functional groups attached to an aromatic ring is 2. The van der Waals surface area contributed by atoms with Crippen LogP contribution in [0.2, 0.25) is 0 Å². The van der Waals surface area contributed by atoms with Crippen molar-refractivity contribution in [2.24, 2.45) is 0 Å². The number of hydrogen-bond acceptors (Lipinski definition) is 3. The Morgan fingerprint density at radius 1 is 0.897 bits per heavy atom. The normalized spacial score (nSPS) is 20.6. The Bertz CT molecular complexity index is 1100. The highest BCUT2D eigenvalue weighted by Crippen LogP contribution is 2.47. The minimum absolute atomic E-state index is 0.0943. The Morgan fingerprint density at radius 3 is 2.21 bits per heavy atom. The molecule has 4 nitrogen and oxygen atoms in total. The summed E-state index contributed by atoms with van der Waals surface area (Å²) in [5, 5.41) is 0. The van der Waals surface area contributed by atoms with E-state index in [9.17, 15) is 0 Å². The van der Waals surface area contributed by atoms with Crippen molar-refractivity contribution in [3.05, 3.63) is 71.5 Å². The topological polar surface area (TPSA) is 58.3 Å². The van der Waals surface area contributed by atoms with Crippen molar-refractivity contribution in [2.45, 2.75) is 38.5 Å². The van der Waals surface area contributed by atoms with Gasteiger partial charge >= 0.3 is 0 Å². The molecular formula is C25H31N4+. The molecule has 2 heterocycles. The fraction of sp³-hybridized carbons (Fsp3) is 0.320. The van der Waals surface area contributed by atoms with Crippen molar-refractivity contribution < 1.29 is 4.58 Å². The lowest BCUT2D eigenvalue weighted by molar-refractivity contribution is -0.401. The third kappa shape index (κ3) is 2.78. The fourth-order valence-corrected chi connectivity index (χ4v) is 4.94. The average molecular weight is 388 g/mol. The van der Waals surface area contributed by atoms with Crippen molar-refractivity contribution in [3.63, 3.8) is 0 Å². The Balaban J connectivity index is 1.71. The Labute approximate surface area is 173 Å². The van der Waals surface area contributed by atoms with Crippen molar-refractivity contribution in [3.8, 4) is 0 Å². The van der Waals surface area contributed by atoms with Gasteiger partial charge in [0.25, 0.3) is 0 Å². The third-order valence-corrected chi connectivity index (χ3v) is 6.62. The molecule has 0 saturated heterocycles. The summed E-state index contributed by atoms with van der Waals surface area (Å²) in [4.78, 5) is 2.27. The first-order chi connectivity index (χ1) is 13.5. The van der Waals surface area contributed by atoms with Crippen LogP contribution in [0.1, 0.15) is 38.8 Å². The van der Waals surface area contributed by atoms with Crippen molar-refractivity contribution in [1.29, 1.82) is 0 Å². The van der Waals surface area contributed by atoms with Crippen LogP contribution in [0.15, 0.2) is 60.3 Å². The average Bonchev–Trinajstić information content (AvgIpc) is 2.95. The summed E-state index contributed by atoms with van der Waals surface area (Å²) in [5.74, 6) is 0. The molecule has 0 amide bonds. The predicted molar refractivity (Wildman–Crippen MR) is 124 cm³/mol. The number of fused-ring (bicyclic) bond motifs is 2. The summed E-state index contributed by atoms with van der Waals surface area (Å²) in [7, 11) is 4.25. The fourth-order valence-electron chi connectivity index (χ4n) is 4.94.